The number of unbranched alkanes of at least 4 members (excludes halogenated alkanes) is 10. The summed E-state index contributed by atoms with van der Waals surface area (Å²) in [6.07, 6.45) is 10.9. The largest absolute Gasteiger partial charge is 0.391 e. The molecule has 670 valence electrons. The van der Waals surface area contributed by atoms with E-state index in [1.54, 1.807) is 47.7 Å². The van der Waals surface area contributed by atoms with Crippen LogP contribution >= 0.6 is 0 Å². The molecule has 2 rings (SSSR count). The number of aromatic nitrogens is 1. The average Bonchev–Trinajstić information content (AvgIpc) is 1.66. The lowest BCUT2D eigenvalue weighted by Gasteiger charge is -2.30. The van der Waals surface area contributed by atoms with E-state index in [2.05, 4.69) is 81.0 Å². The zero-order valence-corrected chi connectivity index (χ0v) is 72.9. The molecule has 0 aliphatic heterocycles. The van der Waals surface area contributed by atoms with Gasteiger partial charge in [-0.1, -0.05) is 133 Å². The predicted octanol–water partition coefficient (Wildman–Crippen LogP) is 2.42. The molecule has 0 aliphatic rings. The first-order valence-corrected chi connectivity index (χ1v) is 43.1. The molecule has 0 unspecified atom stereocenters. The van der Waals surface area contributed by atoms with Crippen LogP contribution in [0.1, 0.15) is 257 Å². The van der Waals surface area contributed by atoms with Crippen molar-refractivity contribution < 1.29 is 72.2 Å². The number of rotatable bonds is 62. The first kappa shape index (κ1) is 105. The molecule has 1 heterocycles. The minimum absolute atomic E-state index is 0.0189. The maximum atomic E-state index is 15.0. The number of nitrogens with one attached hydrogen (secondary N) is 14. The average molecular weight is 1670 g/mol. The van der Waals surface area contributed by atoms with Gasteiger partial charge in [-0.05, 0) is 197 Å². The van der Waals surface area contributed by atoms with Crippen molar-refractivity contribution in [3.05, 3.63) is 36.0 Å². The summed E-state index contributed by atoms with van der Waals surface area (Å²) in [6.45, 7) is 25.2. The molecule has 118 heavy (non-hydrogen) atoms. The van der Waals surface area contributed by atoms with Gasteiger partial charge in [0.25, 0.3) is 0 Å². The number of aromatic amines is 1. The van der Waals surface area contributed by atoms with Gasteiger partial charge in [0, 0.05) is 29.9 Å². The molecule has 14 amide bonds. The van der Waals surface area contributed by atoms with Crippen molar-refractivity contribution in [2.75, 3.05) is 26.2 Å². The highest BCUT2D eigenvalue weighted by Gasteiger charge is 2.39. The molecular formula is C84H149N19O15. The van der Waals surface area contributed by atoms with Crippen LogP contribution in [-0.2, 0) is 73.5 Å². The number of carbonyl (C=O) groups is 14. The van der Waals surface area contributed by atoms with Gasteiger partial charge < -0.3 is 108 Å². The molecule has 2 aromatic rings. The molecule has 0 aliphatic carbocycles. The van der Waals surface area contributed by atoms with Crippen LogP contribution in [0.4, 0.5) is 0 Å². The highest BCUT2D eigenvalue weighted by Crippen LogP contribution is 2.22. The van der Waals surface area contributed by atoms with Crippen molar-refractivity contribution in [3.63, 3.8) is 0 Å². The van der Waals surface area contributed by atoms with Gasteiger partial charge >= 0.3 is 0 Å². The van der Waals surface area contributed by atoms with E-state index in [-0.39, 0.29) is 113 Å². The molecule has 0 saturated carbocycles. The molecule has 14 atom stereocenters. The van der Waals surface area contributed by atoms with Gasteiger partial charge in [0.1, 0.15) is 78.5 Å². The molecule has 0 bridgehead atoms. The topological polar surface area (TPSA) is 561 Å². The highest BCUT2D eigenvalue weighted by molar-refractivity contribution is 6.00. The van der Waals surface area contributed by atoms with Crippen molar-refractivity contribution in [1.82, 2.24) is 74.1 Å². The van der Waals surface area contributed by atoms with Gasteiger partial charge in [0.2, 0.25) is 82.7 Å². The molecule has 1 aromatic heterocycles. The van der Waals surface area contributed by atoms with Gasteiger partial charge in [-0.25, -0.2) is 0 Å². The number of para-hydroxylation sites is 1. The van der Waals surface area contributed by atoms with E-state index in [4.69, 9.17) is 28.7 Å². The number of aliphatic hydroxyl groups excluding tert-OH is 1. The van der Waals surface area contributed by atoms with Gasteiger partial charge in [-0.15, -0.1) is 0 Å². The van der Waals surface area contributed by atoms with Crippen LogP contribution in [0.25, 0.3) is 10.9 Å². The van der Waals surface area contributed by atoms with Gasteiger partial charge in [0.05, 0.1) is 6.10 Å². The number of hydrogen-bond acceptors (Lipinski definition) is 19. The standard InChI is InChI=1S/C84H149N19O15/c1-15-16-17-18-19-20-21-38-69(105)91-55(13)73(107)97-64(43-49(2)3)80(114)99-68(47-57-48-90-59-33-23-22-32-58(57)59)82(116)96-63(37-27-31-42-88)77(111)103-71(56(14)104)84(118)101-67(46-52(8)9)81(115)98-65(44-50(4)5)78(112)95-61(35-25-29-40-86)75(109)93-62(36-26-30-41-87)76(110)102-70(53(10)11)83(117)100-66(45-51(6)7)79(113)94-60(34-24-28-39-85)74(108)92-54(12)72(89)106/h22-23,32-33,48-56,60-68,70-71,90,104H,15-21,24-31,34-47,85-88H2,1-14H3,(H2,89,106)(H,91,105)(H,92,108)(H,93,109)(H,94,113)(H,95,112)(H,96,116)(H,97,107)(H,98,115)(H,99,114)(H,100,117)(H,101,118)(H,102,110)(H,103,111)/t54-,55-,56+,60-,61-,62-,63-,64-,65-,66-,67-,68-,70-,71-/m0/s1. The predicted molar refractivity (Wildman–Crippen MR) is 456 cm³/mol. The zero-order chi connectivity index (χ0) is 88.7. The third-order valence-corrected chi connectivity index (χ3v) is 20.3. The normalized spacial score (nSPS) is 15.1. The fourth-order valence-corrected chi connectivity index (χ4v) is 13.5. The summed E-state index contributed by atoms with van der Waals surface area (Å²) in [7, 11) is 0. The maximum Gasteiger partial charge on any atom is 0.245 e. The van der Waals surface area contributed by atoms with Crippen molar-refractivity contribution in [2.45, 2.75) is 342 Å². The lowest BCUT2D eigenvalue weighted by Crippen LogP contribution is -2.62. The Morgan fingerprint density at radius 3 is 1.05 bits per heavy atom. The summed E-state index contributed by atoms with van der Waals surface area (Å²) in [5.74, 6) is -11.9. The monoisotopic (exact) mass is 1660 g/mol. The third-order valence-electron chi connectivity index (χ3n) is 20.3. The molecule has 25 N–H and O–H groups in total. The molecule has 0 fully saturated rings. The number of carbonyl (C=O) groups excluding carboxylic acids is 14. The fraction of sp³-hybridized carbons (Fsp3) is 0.738. The van der Waals surface area contributed by atoms with Crippen LogP contribution < -0.4 is 97.8 Å². The van der Waals surface area contributed by atoms with E-state index in [0.717, 1.165) is 49.4 Å². The molecule has 0 saturated heterocycles. The number of amides is 14. The third kappa shape index (κ3) is 40.7. The number of benzene rings is 1. The SMILES string of the molecule is CCCCCCCCCC(=O)N[C@@H](C)C(=O)N[C@@H](CC(C)C)C(=O)N[C@@H](Cc1c[nH]c2ccccc12)C(=O)N[C@@H](CCCCN)C(=O)N[C@H](C(=O)N[C@@H](CC(C)C)C(=O)N[C@@H](CC(C)C)C(=O)N[C@@H](CCCCN)C(=O)N[C@@H](CCCCN)C(=O)N[C@H](C(=O)N[C@@H](CC(C)C)C(=O)N[C@@H](CCCCN)C(=O)N[C@@H](C)C(N)=O)C(C)C)[C@@H](C)O. The second-order valence-electron chi connectivity index (χ2n) is 33.5. The van der Waals surface area contributed by atoms with Gasteiger partial charge in [-0.2, -0.15) is 0 Å². The Morgan fingerprint density at radius 1 is 0.347 bits per heavy atom. The quantitative estimate of drug-likeness (QED) is 0.0423. The smallest absolute Gasteiger partial charge is 0.245 e. The van der Waals surface area contributed by atoms with E-state index in [0.29, 0.717) is 69.9 Å². The zero-order valence-electron chi connectivity index (χ0n) is 72.9. The fourth-order valence-electron chi connectivity index (χ4n) is 13.5. The maximum absolute atomic E-state index is 15.0. The number of fused-ring (bicyclic) bond motifs is 1. The van der Waals surface area contributed by atoms with Crippen LogP contribution in [0, 0.1) is 29.6 Å². The van der Waals surface area contributed by atoms with Crippen LogP contribution in [-0.4, -0.2) is 204 Å². The number of H-pyrrole nitrogens is 1. The van der Waals surface area contributed by atoms with E-state index >= 15 is 0 Å². The molecule has 1 aromatic carbocycles. The molecule has 34 nitrogen and oxygen atoms in total. The molecule has 0 spiro atoms. The van der Waals surface area contributed by atoms with Crippen LogP contribution in [0.2, 0.25) is 0 Å². The number of aliphatic hydroxyl groups is 1. The Labute approximate surface area is 699 Å². The summed E-state index contributed by atoms with van der Waals surface area (Å²) >= 11 is 0. The number of nitrogens with two attached hydrogens (primary N) is 5. The first-order valence-electron chi connectivity index (χ1n) is 43.1. The summed E-state index contributed by atoms with van der Waals surface area (Å²) in [4.78, 5) is 201. The Hall–Kier alpha value is -8.86. The molecular weight excluding hydrogens is 1520 g/mol. The van der Waals surface area contributed by atoms with E-state index in [9.17, 15) is 72.2 Å². The highest BCUT2D eigenvalue weighted by atomic mass is 16.3. The van der Waals surface area contributed by atoms with Crippen LogP contribution in [0.3, 0.4) is 0 Å². The van der Waals surface area contributed by atoms with Crippen molar-refractivity contribution in [3.8, 4) is 0 Å². The lowest BCUT2D eigenvalue weighted by atomic mass is 9.98. The summed E-state index contributed by atoms with van der Waals surface area (Å²) in [5.41, 5.74) is 30.2. The number of primary amides is 1. The minimum Gasteiger partial charge on any atom is -0.391 e. The lowest BCUT2D eigenvalue weighted by molar-refractivity contribution is -0.137. The number of hydrogen-bond donors (Lipinski definition) is 20. The van der Waals surface area contributed by atoms with Crippen molar-refractivity contribution in [1.29, 1.82) is 0 Å². The Balaban J connectivity index is 2.53. The van der Waals surface area contributed by atoms with E-state index < -0.39 is 167 Å². The first-order chi connectivity index (χ1) is 55.8. The minimum atomic E-state index is -1.75. The van der Waals surface area contributed by atoms with Crippen LogP contribution in [0.5, 0.6) is 0 Å². The molecule has 34 heteroatoms. The second-order valence-corrected chi connectivity index (χ2v) is 33.5. The van der Waals surface area contributed by atoms with Crippen molar-refractivity contribution >= 4 is 93.6 Å². The summed E-state index contributed by atoms with van der Waals surface area (Å²) in [5, 5.41) is 47.7. The molecule has 0 radical (unpaired) electrons. The van der Waals surface area contributed by atoms with E-state index in [1.807, 2.05) is 52.0 Å². The summed E-state index contributed by atoms with van der Waals surface area (Å²) < 4.78 is 0. The Bertz CT molecular complexity index is 3440. The van der Waals surface area contributed by atoms with E-state index in [1.165, 1.54) is 20.8 Å². The van der Waals surface area contributed by atoms with Crippen LogP contribution in [0.15, 0.2) is 30.5 Å². The van der Waals surface area contributed by atoms with Gasteiger partial charge in [-0.3, -0.25) is 67.1 Å². The van der Waals surface area contributed by atoms with Crippen molar-refractivity contribution in [2.24, 2.45) is 58.3 Å². The second kappa shape index (κ2) is 57.3. The Morgan fingerprint density at radius 2 is 0.669 bits per heavy atom. The Kier molecular flexibility index (Phi) is 51.1. The van der Waals surface area contributed by atoms with Gasteiger partial charge in [0.15, 0.2) is 0 Å². The summed E-state index contributed by atoms with van der Waals surface area (Å²) in [6, 6.07) is -9.43.